The summed E-state index contributed by atoms with van der Waals surface area (Å²) in [4.78, 5) is 14.8. The van der Waals surface area contributed by atoms with E-state index in [0.29, 0.717) is 13.0 Å². The molecule has 114 valence electrons. The number of carbonyl (C=O) groups excluding carboxylic acids is 1. The lowest BCUT2D eigenvalue weighted by atomic mass is 9.96. The van der Waals surface area contributed by atoms with Crippen LogP contribution < -0.4 is 5.32 Å². The van der Waals surface area contributed by atoms with E-state index in [4.69, 9.17) is 0 Å². The van der Waals surface area contributed by atoms with Crippen molar-refractivity contribution in [2.75, 3.05) is 25.0 Å². The molecule has 1 fully saturated rings. The number of benzene rings is 1. The van der Waals surface area contributed by atoms with Gasteiger partial charge in [0.2, 0.25) is 0 Å². The van der Waals surface area contributed by atoms with Crippen LogP contribution in [0.25, 0.3) is 0 Å². The first-order valence-electron chi connectivity index (χ1n) is 7.94. The quantitative estimate of drug-likeness (QED) is 0.834. The van der Waals surface area contributed by atoms with E-state index in [-0.39, 0.29) is 5.91 Å². The third-order valence-corrected chi connectivity index (χ3v) is 4.68. The topological polar surface area (TPSA) is 52.6 Å². The summed E-state index contributed by atoms with van der Waals surface area (Å²) >= 11 is 0. The highest BCUT2D eigenvalue weighted by Gasteiger charge is 2.28. The minimum atomic E-state index is -0.632. The number of amides is 1. The standard InChI is InChI=1S/C17H24N2O2/c1-17(21)8-4-11-19(12-9-17)16(20)14-5-2-7-15-13(14)6-3-10-18-15/h2,5,7,18,21H,3-4,6,8-12H2,1H3. The first-order chi connectivity index (χ1) is 10.1. The van der Waals surface area contributed by atoms with E-state index in [1.54, 1.807) is 0 Å². The first kappa shape index (κ1) is 14.4. The van der Waals surface area contributed by atoms with Gasteiger partial charge in [0, 0.05) is 30.9 Å². The highest BCUT2D eigenvalue weighted by Crippen LogP contribution is 2.28. The molecule has 1 aromatic carbocycles. The Morgan fingerprint density at radius 2 is 2.14 bits per heavy atom. The average Bonchev–Trinajstić information content (AvgIpc) is 2.67. The first-order valence-corrected chi connectivity index (χ1v) is 7.94. The molecule has 0 saturated carbocycles. The fourth-order valence-corrected chi connectivity index (χ4v) is 3.35. The van der Waals surface area contributed by atoms with Gasteiger partial charge in [-0.25, -0.2) is 0 Å². The molecule has 1 aromatic rings. The molecule has 1 unspecified atom stereocenters. The molecular formula is C17H24N2O2. The summed E-state index contributed by atoms with van der Waals surface area (Å²) in [6, 6.07) is 5.95. The van der Waals surface area contributed by atoms with Gasteiger partial charge in [0.05, 0.1) is 5.60 Å². The maximum atomic E-state index is 12.9. The number of anilines is 1. The molecule has 1 amide bonds. The zero-order valence-corrected chi connectivity index (χ0v) is 12.7. The van der Waals surface area contributed by atoms with Gasteiger partial charge in [0.15, 0.2) is 0 Å². The maximum Gasteiger partial charge on any atom is 0.254 e. The maximum absolute atomic E-state index is 12.9. The molecule has 3 rings (SSSR count). The SMILES string of the molecule is CC1(O)CCCN(C(=O)c2cccc3c2CCCN3)CC1. The molecule has 4 heteroatoms. The molecule has 2 heterocycles. The molecular weight excluding hydrogens is 264 g/mol. The number of hydrogen-bond acceptors (Lipinski definition) is 3. The number of nitrogens with zero attached hydrogens (tertiary/aromatic N) is 1. The third-order valence-electron chi connectivity index (χ3n) is 4.68. The van der Waals surface area contributed by atoms with Crippen molar-refractivity contribution < 1.29 is 9.90 Å². The van der Waals surface area contributed by atoms with Gasteiger partial charge in [-0.1, -0.05) is 6.07 Å². The monoisotopic (exact) mass is 288 g/mol. The normalized spacial score (nSPS) is 25.7. The molecule has 1 saturated heterocycles. The molecule has 1 atom stereocenters. The van der Waals surface area contributed by atoms with Crippen LogP contribution in [0.2, 0.25) is 0 Å². The van der Waals surface area contributed by atoms with E-state index in [1.165, 1.54) is 0 Å². The van der Waals surface area contributed by atoms with E-state index in [9.17, 15) is 9.90 Å². The van der Waals surface area contributed by atoms with Crippen LogP contribution in [0, 0.1) is 0 Å². The molecule has 0 spiro atoms. The fraction of sp³-hybridized carbons (Fsp3) is 0.588. The summed E-state index contributed by atoms with van der Waals surface area (Å²) in [6.07, 6.45) is 4.34. The predicted molar refractivity (Wildman–Crippen MR) is 83.6 cm³/mol. The van der Waals surface area contributed by atoms with E-state index < -0.39 is 5.60 Å². The number of rotatable bonds is 1. The number of likely N-dealkylation sites (tertiary alicyclic amines) is 1. The molecule has 2 aliphatic heterocycles. The Kier molecular flexibility index (Phi) is 3.89. The zero-order chi connectivity index (χ0) is 14.9. The number of carbonyl (C=O) groups is 1. The van der Waals surface area contributed by atoms with Crippen molar-refractivity contribution >= 4 is 11.6 Å². The summed E-state index contributed by atoms with van der Waals surface area (Å²) in [7, 11) is 0. The summed E-state index contributed by atoms with van der Waals surface area (Å²) in [5, 5.41) is 13.5. The average molecular weight is 288 g/mol. The smallest absolute Gasteiger partial charge is 0.254 e. The lowest BCUT2D eigenvalue weighted by molar-refractivity contribution is 0.0438. The second kappa shape index (κ2) is 5.68. The summed E-state index contributed by atoms with van der Waals surface area (Å²) in [6.45, 7) is 4.24. The second-order valence-electron chi connectivity index (χ2n) is 6.50. The Bertz CT molecular complexity index is 540. The minimum Gasteiger partial charge on any atom is -0.390 e. The summed E-state index contributed by atoms with van der Waals surface area (Å²) in [5.74, 6) is 0.119. The molecule has 2 N–H and O–H groups in total. The number of hydrogen-bond donors (Lipinski definition) is 2. The molecule has 4 nitrogen and oxygen atoms in total. The van der Waals surface area contributed by atoms with Crippen molar-refractivity contribution in [2.24, 2.45) is 0 Å². The molecule has 21 heavy (non-hydrogen) atoms. The van der Waals surface area contributed by atoms with Crippen LogP contribution in [0.5, 0.6) is 0 Å². The van der Waals surface area contributed by atoms with E-state index >= 15 is 0 Å². The third kappa shape index (κ3) is 3.05. The van der Waals surface area contributed by atoms with Gasteiger partial charge in [0.25, 0.3) is 5.91 Å². The minimum absolute atomic E-state index is 0.119. The van der Waals surface area contributed by atoms with Crippen molar-refractivity contribution in [3.8, 4) is 0 Å². The van der Waals surface area contributed by atoms with Gasteiger partial charge in [-0.15, -0.1) is 0 Å². The van der Waals surface area contributed by atoms with E-state index in [1.807, 2.05) is 24.0 Å². The van der Waals surface area contributed by atoms with Crippen molar-refractivity contribution in [3.05, 3.63) is 29.3 Å². The van der Waals surface area contributed by atoms with Gasteiger partial charge in [-0.3, -0.25) is 4.79 Å². The van der Waals surface area contributed by atoms with Crippen molar-refractivity contribution in [1.29, 1.82) is 0 Å². The fourth-order valence-electron chi connectivity index (χ4n) is 3.35. The molecule has 0 aromatic heterocycles. The van der Waals surface area contributed by atoms with Crippen LogP contribution >= 0.6 is 0 Å². The second-order valence-corrected chi connectivity index (χ2v) is 6.50. The van der Waals surface area contributed by atoms with Gasteiger partial charge >= 0.3 is 0 Å². The van der Waals surface area contributed by atoms with Gasteiger partial charge in [-0.05, 0) is 56.7 Å². The van der Waals surface area contributed by atoms with Crippen LogP contribution in [0.15, 0.2) is 18.2 Å². The van der Waals surface area contributed by atoms with Crippen molar-refractivity contribution in [3.63, 3.8) is 0 Å². The van der Waals surface area contributed by atoms with Crippen LogP contribution in [-0.4, -0.2) is 41.1 Å². The molecule has 0 aliphatic carbocycles. The van der Waals surface area contributed by atoms with Gasteiger partial charge in [0.1, 0.15) is 0 Å². The highest BCUT2D eigenvalue weighted by molar-refractivity contribution is 5.97. The van der Waals surface area contributed by atoms with Crippen molar-refractivity contribution in [2.45, 2.75) is 44.6 Å². The van der Waals surface area contributed by atoms with Crippen LogP contribution in [0.3, 0.4) is 0 Å². The van der Waals surface area contributed by atoms with Crippen LogP contribution in [0.4, 0.5) is 5.69 Å². The van der Waals surface area contributed by atoms with Crippen LogP contribution in [-0.2, 0) is 6.42 Å². The Hall–Kier alpha value is -1.55. The molecule has 0 bridgehead atoms. The lowest BCUT2D eigenvalue weighted by Gasteiger charge is -2.26. The molecule has 2 aliphatic rings. The number of fused-ring (bicyclic) bond motifs is 1. The van der Waals surface area contributed by atoms with Crippen molar-refractivity contribution in [1.82, 2.24) is 4.90 Å². The Morgan fingerprint density at radius 3 is 3.00 bits per heavy atom. The van der Waals surface area contributed by atoms with Gasteiger partial charge in [-0.2, -0.15) is 0 Å². The summed E-state index contributed by atoms with van der Waals surface area (Å²) < 4.78 is 0. The van der Waals surface area contributed by atoms with Gasteiger partial charge < -0.3 is 15.3 Å². The van der Waals surface area contributed by atoms with Crippen LogP contribution in [0.1, 0.15) is 48.5 Å². The molecule has 0 radical (unpaired) electrons. The Morgan fingerprint density at radius 1 is 1.29 bits per heavy atom. The summed E-state index contributed by atoms with van der Waals surface area (Å²) in [5.41, 5.74) is 2.46. The largest absolute Gasteiger partial charge is 0.390 e. The Labute approximate surface area is 126 Å². The Balaban J connectivity index is 1.82. The lowest BCUT2D eigenvalue weighted by Crippen LogP contribution is -2.34. The number of nitrogens with one attached hydrogen (secondary N) is 1. The number of aliphatic hydroxyl groups is 1. The highest BCUT2D eigenvalue weighted by atomic mass is 16.3. The van der Waals surface area contributed by atoms with E-state index in [0.717, 1.165) is 55.6 Å². The predicted octanol–water partition coefficient (Wildman–Crippen LogP) is 2.42. The zero-order valence-electron chi connectivity index (χ0n) is 12.7. The van der Waals surface area contributed by atoms with E-state index in [2.05, 4.69) is 11.4 Å².